The second-order valence-corrected chi connectivity index (χ2v) is 9.91. The van der Waals surface area contributed by atoms with Crippen molar-refractivity contribution in [3.63, 3.8) is 0 Å². The van der Waals surface area contributed by atoms with Crippen molar-refractivity contribution >= 4 is 46.1 Å². The minimum atomic E-state index is -4.51. The summed E-state index contributed by atoms with van der Waals surface area (Å²) < 4.78 is 39.5. The van der Waals surface area contributed by atoms with Crippen molar-refractivity contribution in [2.45, 2.75) is 13.1 Å². The first kappa shape index (κ1) is 22.8. The van der Waals surface area contributed by atoms with E-state index in [0.717, 1.165) is 22.0 Å². The molecule has 4 rings (SSSR count). The standard InChI is InChI=1S/C21H17ClF3N3O2S2/c1-12-17(32-18(26-12)15-5-6-16(22)31-15)20(30)28-9-7-27(8-10-28)19(29)13-3-2-4-14(11-13)21(23,24)25/h2-6,11H,7-10H2,1H3. The number of hydrogen-bond acceptors (Lipinski definition) is 5. The Kier molecular flexibility index (Phi) is 6.28. The number of halogens is 4. The van der Waals surface area contributed by atoms with Crippen LogP contribution in [0.1, 0.15) is 31.3 Å². The maximum absolute atomic E-state index is 13.0. The molecule has 168 valence electrons. The highest BCUT2D eigenvalue weighted by Gasteiger charge is 2.32. The number of aryl methyl sites for hydroxylation is 1. The summed E-state index contributed by atoms with van der Waals surface area (Å²) in [7, 11) is 0. The Hall–Kier alpha value is -2.43. The molecule has 5 nitrogen and oxygen atoms in total. The number of piperazine rings is 1. The maximum Gasteiger partial charge on any atom is 0.416 e. The molecule has 0 saturated carbocycles. The molecule has 1 aromatic carbocycles. The summed E-state index contributed by atoms with van der Waals surface area (Å²) in [5.41, 5.74) is -0.250. The second kappa shape index (κ2) is 8.84. The number of carbonyl (C=O) groups is 2. The minimum absolute atomic E-state index is 0.0165. The molecular weight excluding hydrogens is 483 g/mol. The summed E-state index contributed by atoms with van der Waals surface area (Å²) in [4.78, 5) is 34.7. The summed E-state index contributed by atoms with van der Waals surface area (Å²) in [6, 6.07) is 8.02. The molecule has 2 aromatic heterocycles. The van der Waals surface area contributed by atoms with E-state index in [1.165, 1.54) is 39.7 Å². The molecule has 0 aliphatic carbocycles. The van der Waals surface area contributed by atoms with Gasteiger partial charge in [-0.2, -0.15) is 13.2 Å². The van der Waals surface area contributed by atoms with E-state index in [1.54, 1.807) is 17.9 Å². The van der Waals surface area contributed by atoms with Crippen molar-refractivity contribution in [2.75, 3.05) is 26.2 Å². The Morgan fingerprint density at radius 3 is 2.25 bits per heavy atom. The Balaban J connectivity index is 1.42. The van der Waals surface area contributed by atoms with Crippen molar-refractivity contribution < 1.29 is 22.8 Å². The average molecular weight is 500 g/mol. The zero-order valence-electron chi connectivity index (χ0n) is 16.8. The van der Waals surface area contributed by atoms with Gasteiger partial charge in [-0.1, -0.05) is 17.7 Å². The lowest BCUT2D eigenvalue weighted by atomic mass is 10.1. The maximum atomic E-state index is 13.0. The average Bonchev–Trinajstić information content (AvgIpc) is 3.38. The lowest BCUT2D eigenvalue weighted by Crippen LogP contribution is -2.50. The highest BCUT2D eigenvalue weighted by molar-refractivity contribution is 7.24. The van der Waals surface area contributed by atoms with Crippen LogP contribution >= 0.6 is 34.3 Å². The molecule has 0 bridgehead atoms. The van der Waals surface area contributed by atoms with Crippen LogP contribution in [-0.4, -0.2) is 52.8 Å². The summed E-state index contributed by atoms with van der Waals surface area (Å²) in [6.45, 7) is 2.84. The molecule has 0 radical (unpaired) electrons. The molecule has 3 aromatic rings. The van der Waals surface area contributed by atoms with Crippen LogP contribution < -0.4 is 0 Å². The number of carbonyl (C=O) groups excluding carboxylic acids is 2. The van der Waals surface area contributed by atoms with E-state index < -0.39 is 17.6 Å². The smallest absolute Gasteiger partial charge is 0.335 e. The summed E-state index contributed by atoms with van der Waals surface area (Å²) >= 11 is 8.67. The third-order valence-electron chi connectivity index (χ3n) is 5.07. The second-order valence-electron chi connectivity index (χ2n) is 7.20. The molecular formula is C21H17ClF3N3O2S2. The molecule has 1 fully saturated rings. The zero-order valence-corrected chi connectivity index (χ0v) is 19.2. The van der Waals surface area contributed by atoms with E-state index in [9.17, 15) is 22.8 Å². The van der Waals surface area contributed by atoms with Crippen LogP contribution in [0.4, 0.5) is 13.2 Å². The van der Waals surface area contributed by atoms with E-state index in [4.69, 9.17) is 11.6 Å². The van der Waals surface area contributed by atoms with Crippen molar-refractivity contribution in [2.24, 2.45) is 0 Å². The molecule has 11 heteroatoms. The van der Waals surface area contributed by atoms with Crippen molar-refractivity contribution in [1.82, 2.24) is 14.8 Å². The number of benzene rings is 1. The first-order valence-corrected chi connectivity index (χ1v) is 11.6. The highest BCUT2D eigenvalue weighted by atomic mass is 35.5. The number of thiazole rings is 1. The van der Waals surface area contributed by atoms with Gasteiger partial charge in [0.1, 0.15) is 9.88 Å². The quantitative estimate of drug-likeness (QED) is 0.481. The van der Waals surface area contributed by atoms with E-state index in [-0.39, 0.29) is 24.6 Å². The number of rotatable bonds is 3. The number of aromatic nitrogens is 1. The van der Waals surface area contributed by atoms with E-state index in [0.29, 0.717) is 28.0 Å². The Labute approximate surface area is 195 Å². The topological polar surface area (TPSA) is 53.5 Å². The Bertz CT molecular complexity index is 1170. The molecule has 32 heavy (non-hydrogen) atoms. The predicted octanol–water partition coefficient (Wildman–Crippen LogP) is 5.45. The van der Waals surface area contributed by atoms with Crippen molar-refractivity contribution in [3.05, 3.63) is 62.4 Å². The van der Waals surface area contributed by atoms with Gasteiger partial charge in [0, 0.05) is 31.7 Å². The van der Waals surface area contributed by atoms with E-state index >= 15 is 0 Å². The van der Waals surface area contributed by atoms with Crippen molar-refractivity contribution in [1.29, 1.82) is 0 Å². The monoisotopic (exact) mass is 499 g/mol. The van der Waals surface area contributed by atoms with Crippen LogP contribution in [-0.2, 0) is 6.18 Å². The lowest BCUT2D eigenvalue weighted by Gasteiger charge is -2.34. The fraction of sp³-hybridized carbons (Fsp3) is 0.286. The Morgan fingerprint density at radius 2 is 1.66 bits per heavy atom. The van der Waals surface area contributed by atoms with Gasteiger partial charge in [0.2, 0.25) is 0 Å². The molecule has 1 saturated heterocycles. The van der Waals surface area contributed by atoms with Gasteiger partial charge in [0.05, 0.1) is 20.5 Å². The van der Waals surface area contributed by atoms with E-state index in [2.05, 4.69) is 4.98 Å². The molecule has 0 atom stereocenters. The molecule has 0 spiro atoms. The van der Waals surface area contributed by atoms with Gasteiger partial charge in [0.25, 0.3) is 11.8 Å². The molecule has 1 aliphatic heterocycles. The molecule has 3 heterocycles. The summed E-state index contributed by atoms with van der Waals surface area (Å²) in [5.74, 6) is -0.644. The molecule has 1 aliphatic rings. The third kappa shape index (κ3) is 4.67. The third-order valence-corrected chi connectivity index (χ3v) is 7.61. The Morgan fingerprint density at radius 1 is 1.00 bits per heavy atom. The van der Waals surface area contributed by atoms with Crippen molar-refractivity contribution in [3.8, 4) is 9.88 Å². The van der Waals surface area contributed by atoms with Crippen LogP contribution in [0.5, 0.6) is 0 Å². The number of alkyl halides is 3. The summed E-state index contributed by atoms with van der Waals surface area (Å²) in [5, 5.41) is 0.723. The lowest BCUT2D eigenvalue weighted by molar-refractivity contribution is -0.137. The van der Waals surface area contributed by atoms with Gasteiger partial charge in [-0.3, -0.25) is 9.59 Å². The molecule has 2 amide bonds. The fourth-order valence-corrected chi connectivity index (χ4v) is 5.53. The van der Waals surface area contributed by atoms with Gasteiger partial charge < -0.3 is 9.80 Å². The van der Waals surface area contributed by atoms with Gasteiger partial charge in [-0.15, -0.1) is 22.7 Å². The van der Waals surface area contributed by atoms with E-state index in [1.807, 2.05) is 6.07 Å². The first-order chi connectivity index (χ1) is 15.1. The number of nitrogens with zero attached hydrogens (tertiary/aromatic N) is 3. The van der Waals surface area contributed by atoms with Gasteiger partial charge in [-0.25, -0.2) is 4.98 Å². The highest BCUT2D eigenvalue weighted by Crippen LogP contribution is 2.35. The number of amides is 2. The molecule has 0 N–H and O–H groups in total. The normalized spacial score (nSPS) is 14.7. The van der Waals surface area contributed by atoms with Gasteiger partial charge in [-0.05, 0) is 37.3 Å². The zero-order chi connectivity index (χ0) is 23.0. The van der Waals surface area contributed by atoms with Gasteiger partial charge in [0.15, 0.2) is 0 Å². The van der Waals surface area contributed by atoms with Crippen LogP contribution in [0.2, 0.25) is 4.34 Å². The first-order valence-electron chi connectivity index (χ1n) is 9.62. The SMILES string of the molecule is Cc1nc(-c2ccc(Cl)s2)sc1C(=O)N1CCN(C(=O)c2cccc(C(F)(F)F)c2)CC1. The predicted molar refractivity (Wildman–Crippen MR) is 118 cm³/mol. The van der Waals surface area contributed by atoms with Gasteiger partial charge >= 0.3 is 6.18 Å². The number of hydrogen-bond donors (Lipinski definition) is 0. The minimum Gasteiger partial charge on any atom is -0.335 e. The van der Waals surface area contributed by atoms with Crippen LogP contribution in [0.25, 0.3) is 9.88 Å². The summed E-state index contributed by atoms with van der Waals surface area (Å²) in [6.07, 6.45) is -4.51. The van der Waals surface area contributed by atoms with Crippen LogP contribution in [0.15, 0.2) is 36.4 Å². The van der Waals surface area contributed by atoms with Crippen LogP contribution in [0, 0.1) is 6.92 Å². The largest absolute Gasteiger partial charge is 0.416 e. The number of thiophene rings is 1. The molecule has 0 unspecified atom stereocenters. The fourth-order valence-electron chi connectivity index (χ4n) is 3.40. The van der Waals surface area contributed by atoms with Crippen LogP contribution in [0.3, 0.4) is 0 Å².